The van der Waals surface area contributed by atoms with Crippen LogP contribution in [0.15, 0.2) is 29.2 Å². The Labute approximate surface area is 144 Å². The third-order valence-electron chi connectivity index (χ3n) is 3.61. The maximum absolute atomic E-state index is 12.9. The lowest BCUT2D eigenvalue weighted by Gasteiger charge is -2.31. The van der Waals surface area contributed by atoms with Gasteiger partial charge >= 0.3 is 5.97 Å². The first-order valence-corrected chi connectivity index (χ1v) is 9.06. The van der Waals surface area contributed by atoms with Gasteiger partial charge in [-0.3, -0.25) is 4.79 Å². The molecule has 0 saturated heterocycles. The van der Waals surface area contributed by atoms with E-state index in [0.717, 1.165) is 17.1 Å². The molecule has 1 unspecified atom stereocenters. The van der Waals surface area contributed by atoms with Crippen LogP contribution >= 0.6 is 11.8 Å². The van der Waals surface area contributed by atoms with Crippen molar-refractivity contribution in [2.75, 3.05) is 5.75 Å². The van der Waals surface area contributed by atoms with E-state index in [0.29, 0.717) is 6.42 Å². The summed E-state index contributed by atoms with van der Waals surface area (Å²) in [6.45, 7) is 12.1. The predicted octanol–water partition coefficient (Wildman–Crippen LogP) is 5.70. The Balaban J connectivity index is 2.55. The number of carbonyl (C=O) groups excluding carboxylic acids is 1. The second-order valence-electron chi connectivity index (χ2n) is 7.94. The summed E-state index contributed by atoms with van der Waals surface area (Å²) >= 11 is 1.70. The molecular weight excluding hydrogens is 311 g/mol. The normalized spacial score (nSPS) is 13.7. The molecule has 0 aliphatic carbocycles. The van der Waals surface area contributed by atoms with Crippen molar-refractivity contribution in [3.63, 3.8) is 0 Å². The highest BCUT2D eigenvalue weighted by molar-refractivity contribution is 7.99. The third-order valence-corrected chi connectivity index (χ3v) is 4.65. The SMILES string of the molecule is CC(C)(C)OC(=O)CC(CCSc1ccc(F)cc1)C(C)(C)C. The molecule has 2 nitrogen and oxygen atoms in total. The van der Waals surface area contributed by atoms with Crippen molar-refractivity contribution in [2.45, 2.75) is 64.9 Å². The summed E-state index contributed by atoms with van der Waals surface area (Å²) in [6.07, 6.45) is 1.36. The van der Waals surface area contributed by atoms with E-state index in [1.54, 1.807) is 23.9 Å². The largest absolute Gasteiger partial charge is 0.460 e. The lowest BCUT2D eigenvalue weighted by molar-refractivity contribution is -0.157. The zero-order valence-electron chi connectivity index (χ0n) is 15.1. The number of hydrogen-bond donors (Lipinski definition) is 0. The highest BCUT2D eigenvalue weighted by Gasteiger charge is 2.28. The van der Waals surface area contributed by atoms with Crippen molar-refractivity contribution >= 4 is 17.7 Å². The molecule has 0 aromatic heterocycles. The first kappa shape index (κ1) is 20.0. The van der Waals surface area contributed by atoms with E-state index in [4.69, 9.17) is 4.74 Å². The first-order chi connectivity index (χ1) is 10.5. The molecule has 0 aliphatic heterocycles. The van der Waals surface area contributed by atoms with Gasteiger partial charge in [0.25, 0.3) is 0 Å². The molecule has 1 aromatic rings. The van der Waals surface area contributed by atoms with Crippen molar-refractivity contribution in [3.8, 4) is 0 Å². The van der Waals surface area contributed by atoms with Crippen LogP contribution in [0.2, 0.25) is 0 Å². The smallest absolute Gasteiger partial charge is 0.306 e. The Morgan fingerprint density at radius 1 is 1.13 bits per heavy atom. The quantitative estimate of drug-likeness (QED) is 0.490. The molecule has 0 aliphatic rings. The second kappa shape index (κ2) is 8.18. The topological polar surface area (TPSA) is 26.3 Å². The molecule has 0 saturated carbocycles. The number of carbonyl (C=O) groups is 1. The molecule has 4 heteroatoms. The second-order valence-corrected chi connectivity index (χ2v) is 9.11. The van der Waals surface area contributed by atoms with Gasteiger partial charge in [0.15, 0.2) is 0 Å². The fourth-order valence-electron chi connectivity index (χ4n) is 2.28. The number of thioether (sulfide) groups is 1. The lowest BCUT2D eigenvalue weighted by Crippen LogP contribution is -2.29. The number of esters is 1. The molecule has 0 heterocycles. The summed E-state index contributed by atoms with van der Waals surface area (Å²) in [4.78, 5) is 13.2. The van der Waals surface area contributed by atoms with Crippen LogP contribution in [0.1, 0.15) is 54.4 Å². The minimum absolute atomic E-state index is 0.0419. The highest BCUT2D eigenvalue weighted by Crippen LogP contribution is 2.34. The number of rotatable bonds is 6. The van der Waals surface area contributed by atoms with E-state index < -0.39 is 5.60 Å². The van der Waals surface area contributed by atoms with Gasteiger partial charge in [0.1, 0.15) is 11.4 Å². The highest BCUT2D eigenvalue weighted by atomic mass is 32.2. The van der Waals surface area contributed by atoms with Crippen LogP contribution in [-0.4, -0.2) is 17.3 Å². The molecule has 1 rings (SSSR count). The van der Waals surface area contributed by atoms with E-state index in [-0.39, 0.29) is 23.1 Å². The molecule has 0 bridgehead atoms. The molecular formula is C19H29FO2S. The Bertz CT molecular complexity index is 498. The maximum Gasteiger partial charge on any atom is 0.306 e. The number of hydrogen-bond acceptors (Lipinski definition) is 3. The summed E-state index contributed by atoms with van der Waals surface area (Å²) < 4.78 is 18.4. The summed E-state index contributed by atoms with van der Waals surface area (Å²) in [5.74, 6) is 0.803. The minimum atomic E-state index is -0.442. The van der Waals surface area contributed by atoms with E-state index in [2.05, 4.69) is 20.8 Å². The zero-order chi connectivity index (χ0) is 17.7. The summed E-state index contributed by atoms with van der Waals surface area (Å²) in [6, 6.07) is 6.54. The molecule has 1 atom stereocenters. The average molecular weight is 341 g/mol. The molecule has 0 N–H and O–H groups in total. The van der Waals surface area contributed by atoms with Crippen molar-refractivity contribution < 1.29 is 13.9 Å². The van der Waals surface area contributed by atoms with E-state index in [1.807, 2.05) is 20.8 Å². The van der Waals surface area contributed by atoms with Gasteiger partial charge in [0.2, 0.25) is 0 Å². The molecule has 0 amide bonds. The van der Waals surface area contributed by atoms with Crippen LogP contribution in [0, 0.1) is 17.2 Å². The molecule has 130 valence electrons. The van der Waals surface area contributed by atoms with Crippen molar-refractivity contribution in [1.82, 2.24) is 0 Å². The monoisotopic (exact) mass is 340 g/mol. The van der Waals surface area contributed by atoms with E-state index in [1.165, 1.54) is 12.1 Å². The van der Waals surface area contributed by atoms with Crippen LogP contribution in [0.4, 0.5) is 4.39 Å². The molecule has 1 aromatic carbocycles. The molecule has 0 fully saturated rings. The summed E-state index contributed by atoms with van der Waals surface area (Å²) in [5, 5.41) is 0. The standard InChI is InChI=1S/C19H29FO2S/c1-18(2,3)14(13-17(21)22-19(4,5)6)11-12-23-16-9-7-15(20)8-10-16/h7-10,14H,11-13H2,1-6H3. The average Bonchev–Trinajstić information content (AvgIpc) is 2.36. The fourth-order valence-corrected chi connectivity index (χ4v) is 3.24. The van der Waals surface area contributed by atoms with Gasteiger partial charge < -0.3 is 4.74 Å². The van der Waals surface area contributed by atoms with Gasteiger partial charge in [-0.1, -0.05) is 20.8 Å². The van der Waals surface area contributed by atoms with Gasteiger partial charge in [-0.15, -0.1) is 11.8 Å². The van der Waals surface area contributed by atoms with Crippen LogP contribution in [0.5, 0.6) is 0 Å². The van der Waals surface area contributed by atoms with Gasteiger partial charge in [-0.25, -0.2) is 4.39 Å². The van der Waals surface area contributed by atoms with Gasteiger partial charge in [-0.05, 0) is 68.5 Å². The van der Waals surface area contributed by atoms with Crippen molar-refractivity contribution in [1.29, 1.82) is 0 Å². The number of benzene rings is 1. The predicted molar refractivity (Wildman–Crippen MR) is 95.1 cm³/mol. The van der Waals surface area contributed by atoms with Crippen molar-refractivity contribution in [3.05, 3.63) is 30.1 Å². The number of halogens is 1. The lowest BCUT2D eigenvalue weighted by atomic mass is 9.77. The van der Waals surface area contributed by atoms with Gasteiger partial charge in [0.05, 0.1) is 0 Å². The summed E-state index contributed by atoms with van der Waals surface area (Å²) in [5.41, 5.74) is -0.400. The van der Waals surface area contributed by atoms with Crippen molar-refractivity contribution in [2.24, 2.45) is 11.3 Å². The Morgan fingerprint density at radius 2 is 1.70 bits per heavy atom. The number of ether oxygens (including phenoxy) is 1. The van der Waals surface area contributed by atoms with Crippen LogP contribution < -0.4 is 0 Å². The summed E-state index contributed by atoms with van der Waals surface area (Å²) in [7, 11) is 0. The molecule has 0 radical (unpaired) electrons. The maximum atomic E-state index is 12.9. The van der Waals surface area contributed by atoms with Gasteiger partial charge in [0, 0.05) is 11.3 Å². The minimum Gasteiger partial charge on any atom is -0.460 e. The van der Waals surface area contributed by atoms with Crippen LogP contribution in [0.3, 0.4) is 0 Å². The Kier molecular flexibility index (Phi) is 7.12. The van der Waals surface area contributed by atoms with Gasteiger partial charge in [-0.2, -0.15) is 0 Å². The van der Waals surface area contributed by atoms with Crippen LogP contribution in [-0.2, 0) is 9.53 Å². The molecule has 0 spiro atoms. The van der Waals surface area contributed by atoms with Crippen LogP contribution in [0.25, 0.3) is 0 Å². The Hall–Kier alpha value is -1.03. The Morgan fingerprint density at radius 3 is 2.17 bits per heavy atom. The third kappa shape index (κ3) is 8.40. The molecule has 23 heavy (non-hydrogen) atoms. The van der Waals surface area contributed by atoms with E-state index >= 15 is 0 Å². The zero-order valence-corrected chi connectivity index (χ0v) is 15.9. The fraction of sp³-hybridized carbons (Fsp3) is 0.632. The van der Waals surface area contributed by atoms with E-state index in [9.17, 15) is 9.18 Å². The first-order valence-electron chi connectivity index (χ1n) is 8.07.